The van der Waals surface area contributed by atoms with Crippen LogP contribution in [0.4, 0.5) is 0 Å². The van der Waals surface area contributed by atoms with Gasteiger partial charge in [0.15, 0.2) is 0 Å². The van der Waals surface area contributed by atoms with Crippen molar-refractivity contribution in [1.82, 2.24) is 4.90 Å². The highest BCUT2D eigenvalue weighted by atomic mass is 16.5. The SMILES string of the molecule is Cc1cc(OCCN(CC#N)C2CC2)ccc1C(C)C. The van der Waals surface area contributed by atoms with E-state index in [0.717, 1.165) is 12.3 Å². The molecule has 3 nitrogen and oxygen atoms in total. The van der Waals surface area contributed by atoms with Crippen LogP contribution in [-0.4, -0.2) is 30.6 Å². The van der Waals surface area contributed by atoms with E-state index in [9.17, 15) is 0 Å². The molecular weight excluding hydrogens is 248 g/mol. The third-order valence-corrected chi connectivity index (χ3v) is 3.85. The monoisotopic (exact) mass is 272 g/mol. The number of benzene rings is 1. The summed E-state index contributed by atoms with van der Waals surface area (Å²) >= 11 is 0. The van der Waals surface area contributed by atoms with E-state index in [1.54, 1.807) is 0 Å². The molecule has 1 saturated carbocycles. The summed E-state index contributed by atoms with van der Waals surface area (Å²) in [4.78, 5) is 2.22. The molecule has 0 spiro atoms. The molecule has 20 heavy (non-hydrogen) atoms. The third-order valence-electron chi connectivity index (χ3n) is 3.85. The molecule has 0 radical (unpaired) electrons. The minimum absolute atomic E-state index is 0.513. The zero-order valence-electron chi connectivity index (χ0n) is 12.7. The van der Waals surface area contributed by atoms with E-state index in [2.05, 4.69) is 43.9 Å². The summed E-state index contributed by atoms with van der Waals surface area (Å²) < 4.78 is 5.83. The van der Waals surface area contributed by atoms with Gasteiger partial charge in [0.2, 0.25) is 0 Å². The number of aryl methyl sites for hydroxylation is 1. The Morgan fingerprint density at radius 3 is 2.70 bits per heavy atom. The molecule has 0 aromatic heterocycles. The quantitative estimate of drug-likeness (QED) is 0.713. The van der Waals surface area contributed by atoms with E-state index in [4.69, 9.17) is 10.00 Å². The number of ether oxygens (including phenoxy) is 1. The van der Waals surface area contributed by atoms with Gasteiger partial charge >= 0.3 is 0 Å². The van der Waals surface area contributed by atoms with Gasteiger partial charge < -0.3 is 4.74 Å². The van der Waals surface area contributed by atoms with E-state index in [0.29, 0.717) is 25.1 Å². The second-order valence-corrected chi connectivity index (χ2v) is 5.88. The first-order chi connectivity index (χ1) is 9.61. The molecule has 0 heterocycles. The highest BCUT2D eigenvalue weighted by Gasteiger charge is 2.28. The topological polar surface area (TPSA) is 36.3 Å². The molecule has 0 N–H and O–H groups in total. The number of hydrogen-bond donors (Lipinski definition) is 0. The van der Waals surface area contributed by atoms with E-state index < -0.39 is 0 Å². The minimum Gasteiger partial charge on any atom is -0.492 e. The number of hydrogen-bond acceptors (Lipinski definition) is 3. The van der Waals surface area contributed by atoms with E-state index in [-0.39, 0.29) is 0 Å². The van der Waals surface area contributed by atoms with Crippen LogP contribution in [0.25, 0.3) is 0 Å². The highest BCUT2D eigenvalue weighted by molar-refractivity contribution is 5.36. The number of nitrogens with zero attached hydrogens (tertiary/aromatic N) is 2. The first-order valence-corrected chi connectivity index (χ1v) is 7.46. The number of nitriles is 1. The van der Waals surface area contributed by atoms with Crippen molar-refractivity contribution in [2.24, 2.45) is 0 Å². The molecule has 0 aliphatic heterocycles. The van der Waals surface area contributed by atoms with Crippen molar-refractivity contribution in [2.75, 3.05) is 19.7 Å². The largest absolute Gasteiger partial charge is 0.492 e. The summed E-state index contributed by atoms with van der Waals surface area (Å²) in [6, 6.07) is 9.17. The molecule has 0 amide bonds. The molecule has 1 aromatic rings. The first-order valence-electron chi connectivity index (χ1n) is 7.46. The van der Waals surface area contributed by atoms with Crippen LogP contribution in [0.1, 0.15) is 43.7 Å². The van der Waals surface area contributed by atoms with Crippen molar-refractivity contribution < 1.29 is 4.74 Å². The lowest BCUT2D eigenvalue weighted by atomic mass is 9.98. The fourth-order valence-electron chi connectivity index (χ4n) is 2.59. The lowest BCUT2D eigenvalue weighted by Gasteiger charge is -2.19. The minimum atomic E-state index is 0.513. The van der Waals surface area contributed by atoms with Crippen LogP contribution >= 0.6 is 0 Å². The average molecular weight is 272 g/mol. The van der Waals surface area contributed by atoms with E-state index in [1.165, 1.54) is 24.0 Å². The normalized spacial score (nSPS) is 14.6. The van der Waals surface area contributed by atoms with Crippen LogP contribution in [0.3, 0.4) is 0 Å². The molecule has 108 valence electrons. The molecule has 0 atom stereocenters. The second-order valence-electron chi connectivity index (χ2n) is 5.88. The van der Waals surface area contributed by atoms with E-state index >= 15 is 0 Å². The summed E-state index contributed by atoms with van der Waals surface area (Å²) in [6.07, 6.45) is 2.45. The maximum Gasteiger partial charge on any atom is 0.119 e. The van der Waals surface area contributed by atoms with Gasteiger partial charge in [-0.15, -0.1) is 0 Å². The third kappa shape index (κ3) is 3.98. The van der Waals surface area contributed by atoms with E-state index in [1.807, 2.05) is 6.07 Å². The fourth-order valence-corrected chi connectivity index (χ4v) is 2.59. The lowest BCUT2D eigenvalue weighted by molar-refractivity contribution is 0.218. The fraction of sp³-hybridized carbons (Fsp3) is 0.588. The smallest absolute Gasteiger partial charge is 0.119 e. The van der Waals surface area contributed by atoms with Crippen LogP contribution < -0.4 is 4.74 Å². The van der Waals surface area contributed by atoms with Gasteiger partial charge in [0.25, 0.3) is 0 Å². The van der Waals surface area contributed by atoms with Crippen molar-refractivity contribution in [3.8, 4) is 11.8 Å². The molecular formula is C17H24N2O. The summed E-state index contributed by atoms with van der Waals surface area (Å²) in [7, 11) is 0. The summed E-state index contributed by atoms with van der Waals surface area (Å²) in [5.74, 6) is 1.48. The standard InChI is InChI=1S/C17H24N2O/c1-13(2)17-7-6-16(12-14(17)3)20-11-10-19(9-8-18)15-4-5-15/h6-7,12-13,15H,4-5,9-11H2,1-3H3. The van der Waals surface area contributed by atoms with Crippen molar-refractivity contribution in [3.63, 3.8) is 0 Å². The molecule has 1 fully saturated rings. The summed E-state index contributed by atoms with van der Waals surface area (Å²) in [5.41, 5.74) is 2.66. The van der Waals surface area contributed by atoms with Gasteiger partial charge in [-0.25, -0.2) is 0 Å². The molecule has 1 aliphatic carbocycles. The second kappa shape index (κ2) is 6.76. The Hall–Kier alpha value is -1.53. The predicted molar refractivity (Wildman–Crippen MR) is 81.0 cm³/mol. The molecule has 0 bridgehead atoms. The van der Waals surface area contributed by atoms with Gasteiger partial charge in [-0.2, -0.15) is 5.26 Å². The van der Waals surface area contributed by atoms with Crippen LogP contribution in [0.15, 0.2) is 18.2 Å². The summed E-state index contributed by atoms with van der Waals surface area (Å²) in [6.45, 7) is 8.55. The zero-order chi connectivity index (χ0) is 14.5. The van der Waals surface area contributed by atoms with Crippen LogP contribution in [0, 0.1) is 18.3 Å². The molecule has 3 heteroatoms. The maximum atomic E-state index is 8.82. The average Bonchev–Trinajstić information content (AvgIpc) is 3.21. The van der Waals surface area contributed by atoms with Crippen molar-refractivity contribution in [3.05, 3.63) is 29.3 Å². The Labute approximate surface area is 122 Å². The zero-order valence-corrected chi connectivity index (χ0v) is 12.7. The Morgan fingerprint density at radius 2 is 2.15 bits per heavy atom. The Morgan fingerprint density at radius 1 is 1.40 bits per heavy atom. The molecule has 2 rings (SSSR count). The predicted octanol–water partition coefficient (Wildman–Crippen LogP) is 3.49. The van der Waals surface area contributed by atoms with Crippen LogP contribution in [0.2, 0.25) is 0 Å². The van der Waals surface area contributed by atoms with Gasteiger partial charge in [-0.05, 0) is 48.9 Å². The Kier molecular flexibility index (Phi) is 5.03. The van der Waals surface area contributed by atoms with Crippen molar-refractivity contribution >= 4 is 0 Å². The summed E-state index contributed by atoms with van der Waals surface area (Å²) in [5, 5.41) is 8.82. The van der Waals surface area contributed by atoms with Crippen molar-refractivity contribution in [2.45, 2.75) is 45.6 Å². The van der Waals surface area contributed by atoms with Crippen LogP contribution in [-0.2, 0) is 0 Å². The van der Waals surface area contributed by atoms with Gasteiger partial charge in [-0.3, -0.25) is 4.90 Å². The lowest BCUT2D eigenvalue weighted by Crippen LogP contribution is -2.30. The maximum absolute atomic E-state index is 8.82. The van der Waals surface area contributed by atoms with Crippen molar-refractivity contribution in [1.29, 1.82) is 5.26 Å². The highest BCUT2D eigenvalue weighted by Crippen LogP contribution is 2.26. The Bertz CT molecular complexity index is 486. The molecule has 1 aliphatic rings. The molecule has 1 aromatic carbocycles. The molecule has 0 unspecified atom stereocenters. The number of rotatable bonds is 7. The first kappa shape index (κ1) is 14.9. The van der Waals surface area contributed by atoms with Gasteiger partial charge in [-0.1, -0.05) is 19.9 Å². The van der Waals surface area contributed by atoms with Crippen LogP contribution in [0.5, 0.6) is 5.75 Å². The molecule has 0 saturated heterocycles. The van der Waals surface area contributed by atoms with Gasteiger partial charge in [0.1, 0.15) is 12.4 Å². The van der Waals surface area contributed by atoms with Gasteiger partial charge in [0, 0.05) is 12.6 Å². The van der Waals surface area contributed by atoms with Gasteiger partial charge in [0.05, 0.1) is 12.6 Å². The Balaban J connectivity index is 1.84.